The lowest BCUT2D eigenvalue weighted by Crippen LogP contribution is -2.48. The minimum atomic E-state index is -0.615. The number of nitrogens with zero attached hydrogens (tertiary/aromatic N) is 1. The topological polar surface area (TPSA) is 64.6 Å². The van der Waals surface area contributed by atoms with Gasteiger partial charge in [-0.1, -0.05) is 0 Å². The van der Waals surface area contributed by atoms with Crippen molar-refractivity contribution in [2.45, 2.75) is 12.8 Å². The molecule has 1 atom stereocenters. The van der Waals surface area contributed by atoms with Crippen LogP contribution in [0.5, 0.6) is 0 Å². The van der Waals surface area contributed by atoms with Crippen molar-refractivity contribution in [2.24, 2.45) is 11.8 Å². The highest BCUT2D eigenvalue weighted by Gasteiger charge is 2.31. The highest BCUT2D eigenvalue weighted by Crippen LogP contribution is 2.23. The molecule has 2 fully saturated rings. The molecule has 2 saturated heterocycles. The number of carboxylic acid groups (broad SMARTS) is 1. The van der Waals surface area contributed by atoms with Crippen LogP contribution in [0, 0.1) is 11.8 Å². The van der Waals surface area contributed by atoms with E-state index < -0.39 is 5.97 Å². The van der Waals surface area contributed by atoms with Crippen molar-refractivity contribution < 1.29 is 9.90 Å². The van der Waals surface area contributed by atoms with Crippen LogP contribution in [0.3, 0.4) is 0 Å². The molecule has 2 aliphatic rings. The van der Waals surface area contributed by atoms with E-state index in [0.29, 0.717) is 5.92 Å². The Balaban J connectivity index is 1.88. The molecule has 0 amide bonds. The van der Waals surface area contributed by atoms with Crippen LogP contribution in [0.4, 0.5) is 0 Å². The molecule has 5 heteroatoms. The summed E-state index contributed by atoms with van der Waals surface area (Å²) >= 11 is 0. The number of piperidine rings is 1. The van der Waals surface area contributed by atoms with Crippen molar-refractivity contribution in [1.29, 1.82) is 0 Å². The smallest absolute Gasteiger partial charge is 0.308 e. The number of hydrogen-bond acceptors (Lipinski definition) is 4. The molecule has 0 bridgehead atoms. The zero-order valence-electron chi connectivity index (χ0n) is 10.3. The highest BCUT2D eigenvalue weighted by molar-refractivity contribution is 5.70. The molecule has 0 aromatic heterocycles. The zero-order valence-corrected chi connectivity index (χ0v) is 10.3. The number of carboxylic acids is 1. The second-order valence-electron chi connectivity index (χ2n) is 5.08. The van der Waals surface area contributed by atoms with Gasteiger partial charge in [0.15, 0.2) is 0 Å². The lowest BCUT2D eigenvalue weighted by Gasteiger charge is -2.34. The average molecular weight is 241 g/mol. The van der Waals surface area contributed by atoms with Gasteiger partial charge in [0.1, 0.15) is 0 Å². The molecule has 0 saturated carbocycles. The van der Waals surface area contributed by atoms with Gasteiger partial charge in [0.05, 0.1) is 5.92 Å². The molecule has 2 heterocycles. The minimum Gasteiger partial charge on any atom is -0.481 e. The van der Waals surface area contributed by atoms with Crippen LogP contribution >= 0.6 is 0 Å². The van der Waals surface area contributed by atoms with E-state index >= 15 is 0 Å². The molecule has 0 aromatic carbocycles. The molecule has 1 unspecified atom stereocenters. The van der Waals surface area contributed by atoms with Gasteiger partial charge in [0.2, 0.25) is 0 Å². The van der Waals surface area contributed by atoms with Gasteiger partial charge in [-0.15, -0.1) is 0 Å². The van der Waals surface area contributed by atoms with Crippen LogP contribution in [-0.4, -0.2) is 61.8 Å². The molecule has 3 N–H and O–H groups in total. The molecule has 98 valence electrons. The van der Waals surface area contributed by atoms with Crippen molar-refractivity contribution in [3.8, 4) is 0 Å². The van der Waals surface area contributed by atoms with Crippen LogP contribution < -0.4 is 10.6 Å². The van der Waals surface area contributed by atoms with Crippen molar-refractivity contribution in [2.75, 3.05) is 45.8 Å². The fourth-order valence-electron chi connectivity index (χ4n) is 2.85. The Hall–Kier alpha value is -0.650. The summed E-state index contributed by atoms with van der Waals surface area (Å²) in [7, 11) is 0. The number of nitrogens with one attached hydrogen (secondary N) is 2. The molecule has 2 aliphatic heterocycles. The predicted octanol–water partition coefficient (Wildman–Crippen LogP) is -0.408. The van der Waals surface area contributed by atoms with Gasteiger partial charge < -0.3 is 15.7 Å². The Labute approximate surface area is 103 Å². The standard InChI is InChI=1S/C12H23N3O2/c16-12(17)11(10-1-3-13-4-2-10)9-15-7-5-14-6-8-15/h10-11,13-14H,1-9H2,(H,16,17). The van der Waals surface area contributed by atoms with Gasteiger partial charge in [-0.25, -0.2) is 0 Å². The monoisotopic (exact) mass is 241 g/mol. The molecule has 0 radical (unpaired) electrons. The summed E-state index contributed by atoms with van der Waals surface area (Å²) in [5.41, 5.74) is 0. The Morgan fingerprint density at radius 2 is 1.76 bits per heavy atom. The third kappa shape index (κ3) is 3.66. The SMILES string of the molecule is O=C(O)C(CN1CCNCC1)C1CCNCC1. The maximum absolute atomic E-state index is 11.4. The molecular weight excluding hydrogens is 218 g/mol. The van der Waals surface area contributed by atoms with Crippen molar-refractivity contribution in [3.63, 3.8) is 0 Å². The second kappa shape index (κ2) is 6.33. The van der Waals surface area contributed by atoms with E-state index in [0.717, 1.165) is 58.7 Å². The zero-order chi connectivity index (χ0) is 12.1. The molecule has 17 heavy (non-hydrogen) atoms. The molecule has 0 aromatic rings. The first kappa shape index (κ1) is 12.8. The third-order valence-electron chi connectivity index (χ3n) is 3.93. The lowest BCUT2D eigenvalue weighted by molar-refractivity contribution is -0.145. The first-order valence-corrected chi connectivity index (χ1v) is 6.64. The normalized spacial score (nSPS) is 25.6. The fourth-order valence-corrected chi connectivity index (χ4v) is 2.85. The summed E-state index contributed by atoms with van der Waals surface area (Å²) in [6.45, 7) is 6.59. The van der Waals surface area contributed by atoms with Gasteiger partial charge >= 0.3 is 5.97 Å². The number of rotatable bonds is 4. The lowest BCUT2D eigenvalue weighted by atomic mass is 9.84. The van der Waals surface area contributed by atoms with E-state index in [-0.39, 0.29) is 5.92 Å². The van der Waals surface area contributed by atoms with Crippen LogP contribution in [0.1, 0.15) is 12.8 Å². The molecule has 0 spiro atoms. The number of hydrogen-bond donors (Lipinski definition) is 3. The van der Waals surface area contributed by atoms with Gasteiger partial charge in [0.25, 0.3) is 0 Å². The van der Waals surface area contributed by atoms with E-state index in [2.05, 4.69) is 15.5 Å². The Bertz CT molecular complexity index is 248. The quantitative estimate of drug-likeness (QED) is 0.624. The maximum Gasteiger partial charge on any atom is 0.308 e. The Morgan fingerprint density at radius 1 is 1.18 bits per heavy atom. The van der Waals surface area contributed by atoms with Gasteiger partial charge in [-0.05, 0) is 31.8 Å². The van der Waals surface area contributed by atoms with Gasteiger partial charge in [-0.2, -0.15) is 0 Å². The van der Waals surface area contributed by atoms with E-state index in [1.54, 1.807) is 0 Å². The maximum atomic E-state index is 11.4. The minimum absolute atomic E-state index is 0.185. The van der Waals surface area contributed by atoms with E-state index in [9.17, 15) is 9.90 Å². The Morgan fingerprint density at radius 3 is 2.35 bits per heavy atom. The van der Waals surface area contributed by atoms with Crippen LogP contribution in [0.25, 0.3) is 0 Å². The Kier molecular flexibility index (Phi) is 4.76. The summed E-state index contributed by atoms with van der Waals surface area (Å²) in [6.07, 6.45) is 2.01. The molecule has 0 aliphatic carbocycles. The van der Waals surface area contributed by atoms with E-state index in [1.165, 1.54) is 0 Å². The van der Waals surface area contributed by atoms with Crippen LogP contribution in [-0.2, 0) is 4.79 Å². The largest absolute Gasteiger partial charge is 0.481 e. The first-order valence-electron chi connectivity index (χ1n) is 6.64. The van der Waals surface area contributed by atoms with Gasteiger partial charge in [-0.3, -0.25) is 9.69 Å². The van der Waals surface area contributed by atoms with Crippen molar-refractivity contribution in [3.05, 3.63) is 0 Å². The average Bonchev–Trinajstić information content (AvgIpc) is 2.38. The summed E-state index contributed by atoms with van der Waals surface area (Å²) in [6, 6.07) is 0. The molecule has 2 rings (SSSR count). The number of carbonyl (C=O) groups is 1. The van der Waals surface area contributed by atoms with Gasteiger partial charge in [0, 0.05) is 32.7 Å². The third-order valence-corrected chi connectivity index (χ3v) is 3.93. The van der Waals surface area contributed by atoms with Crippen LogP contribution in [0.15, 0.2) is 0 Å². The van der Waals surface area contributed by atoms with Crippen molar-refractivity contribution in [1.82, 2.24) is 15.5 Å². The predicted molar refractivity (Wildman–Crippen MR) is 66.0 cm³/mol. The summed E-state index contributed by atoms with van der Waals surface area (Å²) in [5.74, 6) is -0.450. The molecule has 5 nitrogen and oxygen atoms in total. The number of aliphatic carboxylic acids is 1. The van der Waals surface area contributed by atoms with Crippen molar-refractivity contribution >= 4 is 5.97 Å². The summed E-state index contributed by atoms with van der Waals surface area (Å²) < 4.78 is 0. The fraction of sp³-hybridized carbons (Fsp3) is 0.917. The second-order valence-corrected chi connectivity index (χ2v) is 5.08. The molecular formula is C12H23N3O2. The van der Waals surface area contributed by atoms with E-state index in [4.69, 9.17) is 0 Å². The number of piperazine rings is 1. The summed E-state index contributed by atoms with van der Waals surface area (Å²) in [5, 5.41) is 16.0. The van der Waals surface area contributed by atoms with E-state index in [1.807, 2.05) is 0 Å². The first-order chi connectivity index (χ1) is 8.27. The van der Waals surface area contributed by atoms with Crippen LogP contribution in [0.2, 0.25) is 0 Å². The summed E-state index contributed by atoms with van der Waals surface area (Å²) in [4.78, 5) is 13.7. The highest BCUT2D eigenvalue weighted by atomic mass is 16.4.